The minimum atomic E-state index is -4.30. The second kappa shape index (κ2) is 7.33. The fourth-order valence-electron chi connectivity index (χ4n) is 1.63. The fraction of sp³-hybridized carbons (Fsp3) is 0.500. The van der Waals surface area contributed by atoms with Crippen LogP contribution in [0.25, 0.3) is 0 Å². The first kappa shape index (κ1) is 16.6. The Kier molecular flexibility index (Phi) is 6.39. The number of nitrogens with one attached hydrogen (secondary N) is 1. The molecule has 0 radical (unpaired) electrons. The van der Waals surface area contributed by atoms with Gasteiger partial charge in [-0.15, -0.1) is 0 Å². The van der Waals surface area contributed by atoms with Crippen LogP contribution in [-0.2, 0) is 4.74 Å². The van der Waals surface area contributed by atoms with Gasteiger partial charge in [-0.1, -0.05) is 29.3 Å². The summed E-state index contributed by atoms with van der Waals surface area (Å²) in [4.78, 5) is 0. The van der Waals surface area contributed by atoms with E-state index < -0.39 is 12.8 Å². The van der Waals surface area contributed by atoms with Crippen molar-refractivity contribution in [1.29, 1.82) is 0 Å². The van der Waals surface area contributed by atoms with Crippen molar-refractivity contribution >= 4 is 23.2 Å². The molecule has 0 saturated carbocycles. The first-order valence-corrected chi connectivity index (χ1v) is 6.36. The molecule has 1 atom stereocenters. The van der Waals surface area contributed by atoms with E-state index >= 15 is 0 Å². The third kappa shape index (κ3) is 5.99. The number of ether oxygens (including phenoxy) is 1. The molecule has 0 saturated heterocycles. The Balaban J connectivity index is 2.54. The van der Waals surface area contributed by atoms with E-state index in [0.717, 1.165) is 5.56 Å². The second-order valence-electron chi connectivity index (χ2n) is 3.96. The van der Waals surface area contributed by atoms with Crippen molar-refractivity contribution in [3.63, 3.8) is 0 Å². The second-order valence-corrected chi connectivity index (χ2v) is 4.81. The lowest BCUT2D eigenvalue weighted by atomic mass is 10.0. The molecule has 0 heterocycles. The van der Waals surface area contributed by atoms with Crippen LogP contribution in [0.4, 0.5) is 13.2 Å². The number of alkyl halides is 3. The topological polar surface area (TPSA) is 21.3 Å². The predicted molar refractivity (Wildman–Crippen MR) is 69.8 cm³/mol. The lowest BCUT2D eigenvalue weighted by molar-refractivity contribution is -0.174. The van der Waals surface area contributed by atoms with E-state index in [2.05, 4.69) is 10.1 Å². The zero-order valence-corrected chi connectivity index (χ0v) is 11.7. The van der Waals surface area contributed by atoms with E-state index in [9.17, 15) is 13.2 Å². The van der Waals surface area contributed by atoms with E-state index in [-0.39, 0.29) is 12.6 Å². The standard InChI is InChI=1S/C12H14Cl2F3NO/c1-18-11(4-5-19-7-12(15,16)17)9-3-2-8(13)6-10(9)14/h2-3,6,11,18H,4-5,7H2,1H3. The van der Waals surface area contributed by atoms with Crippen LogP contribution in [0.15, 0.2) is 18.2 Å². The predicted octanol–water partition coefficient (Wildman–Crippen LogP) is 4.22. The third-order valence-corrected chi connectivity index (χ3v) is 3.07. The van der Waals surface area contributed by atoms with E-state index in [1.807, 2.05) is 0 Å². The van der Waals surface area contributed by atoms with Crippen LogP contribution in [0, 0.1) is 0 Å². The molecule has 0 aliphatic carbocycles. The molecule has 0 aliphatic heterocycles. The van der Waals surface area contributed by atoms with Gasteiger partial charge in [0.2, 0.25) is 0 Å². The summed E-state index contributed by atoms with van der Waals surface area (Å²) in [5.74, 6) is 0. The molecule has 19 heavy (non-hydrogen) atoms. The van der Waals surface area contributed by atoms with Crippen LogP contribution in [0.1, 0.15) is 18.0 Å². The average Bonchev–Trinajstić information content (AvgIpc) is 2.29. The number of halogens is 5. The van der Waals surface area contributed by atoms with Gasteiger partial charge in [0.05, 0.1) is 0 Å². The van der Waals surface area contributed by atoms with E-state index in [1.54, 1.807) is 25.2 Å². The zero-order valence-electron chi connectivity index (χ0n) is 10.2. The van der Waals surface area contributed by atoms with Gasteiger partial charge in [-0.3, -0.25) is 0 Å². The largest absolute Gasteiger partial charge is 0.411 e. The van der Waals surface area contributed by atoms with E-state index in [4.69, 9.17) is 23.2 Å². The van der Waals surface area contributed by atoms with Gasteiger partial charge in [0.15, 0.2) is 0 Å². The first-order valence-electron chi connectivity index (χ1n) is 5.60. The summed E-state index contributed by atoms with van der Waals surface area (Å²) in [7, 11) is 1.71. The summed E-state index contributed by atoms with van der Waals surface area (Å²) in [6.07, 6.45) is -3.92. The Morgan fingerprint density at radius 1 is 1.32 bits per heavy atom. The smallest absolute Gasteiger partial charge is 0.372 e. The molecule has 1 rings (SSSR count). The van der Waals surface area contributed by atoms with Crippen molar-refractivity contribution in [2.24, 2.45) is 0 Å². The van der Waals surface area contributed by atoms with Crippen LogP contribution in [-0.4, -0.2) is 26.4 Å². The average molecular weight is 316 g/mol. The van der Waals surface area contributed by atoms with Gasteiger partial charge in [-0.05, 0) is 31.2 Å². The van der Waals surface area contributed by atoms with Crippen LogP contribution < -0.4 is 5.32 Å². The highest BCUT2D eigenvalue weighted by molar-refractivity contribution is 6.35. The van der Waals surface area contributed by atoms with Gasteiger partial charge >= 0.3 is 6.18 Å². The number of rotatable bonds is 6. The van der Waals surface area contributed by atoms with Crippen LogP contribution in [0.3, 0.4) is 0 Å². The van der Waals surface area contributed by atoms with Gasteiger partial charge in [-0.2, -0.15) is 13.2 Å². The molecule has 7 heteroatoms. The van der Waals surface area contributed by atoms with Crippen molar-refractivity contribution in [3.05, 3.63) is 33.8 Å². The highest BCUT2D eigenvalue weighted by Crippen LogP contribution is 2.28. The summed E-state index contributed by atoms with van der Waals surface area (Å²) >= 11 is 11.8. The summed E-state index contributed by atoms with van der Waals surface area (Å²) in [5.41, 5.74) is 0.782. The van der Waals surface area contributed by atoms with Crippen molar-refractivity contribution in [3.8, 4) is 0 Å². The zero-order chi connectivity index (χ0) is 14.5. The van der Waals surface area contributed by atoms with Gasteiger partial charge < -0.3 is 10.1 Å². The summed E-state index contributed by atoms with van der Waals surface area (Å²) in [6, 6.07) is 4.84. The first-order chi connectivity index (χ1) is 8.83. The maximum atomic E-state index is 11.9. The van der Waals surface area contributed by atoms with Crippen molar-refractivity contribution in [1.82, 2.24) is 5.32 Å². The number of hydrogen-bond acceptors (Lipinski definition) is 2. The Morgan fingerprint density at radius 2 is 2.00 bits per heavy atom. The van der Waals surface area contributed by atoms with Gasteiger partial charge in [-0.25, -0.2) is 0 Å². The van der Waals surface area contributed by atoms with Gasteiger partial charge in [0, 0.05) is 22.7 Å². The molecule has 0 aromatic heterocycles. The fourth-order valence-corrected chi connectivity index (χ4v) is 2.17. The number of benzene rings is 1. The molecule has 0 amide bonds. The van der Waals surface area contributed by atoms with Crippen LogP contribution in [0.5, 0.6) is 0 Å². The Morgan fingerprint density at radius 3 is 2.53 bits per heavy atom. The summed E-state index contributed by atoms with van der Waals surface area (Å²) in [6.45, 7) is -1.25. The minimum absolute atomic E-state index is 0.00995. The monoisotopic (exact) mass is 315 g/mol. The highest BCUT2D eigenvalue weighted by Gasteiger charge is 2.27. The van der Waals surface area contributed by atoms with E-state index in [1.165, 1.54) is 0 Å². The highest BCUT2D eigenvalue weighted by atomic mass is 35.5. The van der Waals surface area contributed by atoms with Crippen LogP contribution >= 0.6 is 23.2 Å². The molecule has 1 unspecified atom stereocenters. The van der Waals surface area contributed by atoms with E-state index in [0.29, 0.717) is 16.5 Å². The lowest BCUT2D eigenvalue weighted by Crippen LogP contribution is -2.21. The molecule has 2 nitrogen and oxygen atoms in total. The maximum Gasteiger partial charge on any atom is 0.411 e. The maximum absolute atomic E-state index is 11.9. The molecule has 1 N–H and O–H groups in total. The number of hydrogen-bond donors (Lipinski definition) is 1. The van der Waals surface area contributed by atoms with Crippen molar-refractivity contribution < 1.29 is 17.9 Å². The molecule has 0 fully saturated rings. The molecule has 0 spiro atoms. The van der Waals surface area contributed by atoms with Gasteiger partial charge in [0.25, 0.3) is 0 Å². The Labute approximate surface area is 119 Å². The third-order valence-electron chi connectivity index (χ3n) is 2.50. The Bertz CT molecular complexity index is 412. The molecule has 0 aliphatic rings. The van der Waals surface area contributed by atoms with Crippen molar-refractivity contribution in [2.75, 3.05) is 20.3 Å². The molecular formula is C12H14Cl2F3NO. The SMILES string of the molecule is CNC(CCOCC(F)(F)F)c1ccc(Cl)cc1Cl. The Hall–Kier alpha value is -0.490. The molecule has 1 aromatic carbocycles. The molecule has 108 valence electrons. The summed E-state index contributed by atoms with van der Waals surface area (Å²) in [5, 5.41) is 3.97. The minimum Gasteiger partial charge on any atom is -0.372 e. The normalized spacial score (nSPS) is 13.6. The molecular weight excluding hydrogens is 302 g/mol. The van der Waals surface area contributed by atoms with Crippen molar-refractivity contribution in [2.45, 2.75) is 18.6 Å². The summed E-state index contributed by atoms with van der Waals surface area (Å²) < 4.78 is 40.3. The quantitative estimate of drug-likeness (QED) is 0.793. The van der Waals surface area contributed by atoms with Crippen LogP contribution in [0.2, 0.25) is 10.0 Å². The molecule has 1 aromatic rings. The molecule has 0 bridgehead atoms. The van der Waals surface area contributed by atoms with Gasteiger partial charge in [0.1, 0.15) is 6.61 Å². The lowest BCUT2D eigenvalue weighted by Gasteiger charge is -2.18.